The minimum absolute atomic E-state index is 0.165. The third kappa shape index (κ3) is 4.82. The standard InChI is InChI=1S/C26H26N6O3S/c1-17-12-18(3-5-22(17)34-14-23-27-8-11-36-23)30-24-20-13-19(2-4-21(20)28-16-29-24)31-25-32-26(15-35-25)6-9-33-10-7-26/h2-5,8,11-13,16H,6-7,9-10,14-15H2,1H3,(H,31,32)(H,28,29,30). The van der Waals surface area contributed by atoms with Crippen molar-refractivity contribution in [3.63, 3.8) is 0 Å². The van der Waals surface area contributed by atoms with Crippen molar-refractivity contribution in [3.05, 3.63) is 64.9 Å². The smallest absolute Gasteiger partial charge is 0.289 e. The summed E-state index contributed by atoms with van der Waals surface area (Å²) < 4.78 is 17.3. The van der Waals surface area contributed by atoms with Gasteiger partial charge < -0.3 is 24.8 Å². The van der Waals surface area contributed by atoms with Crippen molar-refractivity contribution in [1.29, 1.82) is 0 Å². The molecule has 184 valence electrons. The first-order chi connectivity index (χ1) is 17.7. The van der Waals surface area contributed by atoms with Gasteiger partial charge in [-0.15, -0.1) is 11.3 Å². The fourth-order valence-corrected chi connectivity index (χ4v) is 4.93. The SMILES string of the molecule is Cc1cc(Nc2ncnc3ccc(NC4=NC5(CCOCC5)CO4)cc23)ccc1OCc1nccs1. The topological polar surface area (TPSA) is 103 Å². The minimum Gasteiger partial charge on any atom is -0.486 e. The highest BCUT2D eigenvalue weighted by atomic mass is 32.1. The van der Waals surface area contributed by atoms with Crippen molar-refractivity contribution in [2.45, 2.75) is 31.9 Å². The van der Waals surface area contributed by atoms with E-state index in [9.17, 15) is 0 Å². The molecule has 10 heteroatoms. The Hall–Kier alpha value is -3.76. The summed E-state index contributed by atoms with van der Waals surface area (Å²) in [6, 6.07) is 12.5. The van der Waals surface area contributed by atoms with E-state index in [1.54, 1.807) is 23.9 Å². The van der Waals surface area contributed by atoms with Gasteiger partial charge in [-0.1, -0.05) is 0 Å². The first-order valence-electron chi connectivity index (χ1n) is 11.9. The number of benzene rings is 2. The van der Waals surface area contributed by atoms with Crippen molar-refractivity contribution < 1.29 is 14.2 Å². The van der Waals surface area contributed by atoms with Gasteiger partial charge in [0, 0.05) is 41.6 Å². The molecule has 4 aromatic rings. The molecule has 1 fully saturated rings. The van der Waals surface area contributed by atoms with Crippen molar-refractivity contribution in [2.24, 2.45) is 4.99 Å². The molecule has 1 spiro atoms. The largest absolute Gasteiger partial charge is 0.486 e. The molecule has 0 saturated carbocycles. The number of hydrogen-bond acceptors (Lipinski definition) is 10. The van der Waals surface area contributed by atoms with Crippen molar-refractivity contribution in [1.82, 2.24) is 15.0 Å². The van der Waals surface area contributed by atoms with Gasteiger partial charge in [-0.05, 0) is 61.7 Å². The van der Waals surface area contributed by atoms with Gasteiger partial charge >= 0.3 is 0 Å². The quantitative estimate of drug-likeness (QED) is 0.377. The zero-order valence-corrected chi connectivity index (χ0v) is 20.7. The van der Waals surface area contributed by atoms with Crippen LogP contribution in [0.2, 0.25) is 0 Å². The van der Waals surface area contributed by atoms with Crippen LogP contribution in [-0.4, -0.2) is 46.3 Å². The van der Waals surface area contributed by atoms with Crippen LogP contribution in [0.5, 0.6) is 5.75 Å². The van der Waals surface area contributed by atoms with Gasteiger partial charge in [0.1, 0.15) is 41.7 Å². The molecule has 2 aromatic heterocycles. The van der Waals surface area contributed by atoms with E-state index in [0.29, 0.717) is 19.2 Å². The number of amidine groups is 1. The number of nitrogens with one attached hydrogen (secondary N) is 2. The van der Waals surface area contributed by atoms with Crippen molar-refractivity contribution >= 4 is 45.5 Å². The van der Waals surface area contributed by atoms with Gasteiger partial charge in [0.25, 0.3) is 6.02 Å². The second kappa shape index (κ2) is 9.71. The van der Waals surface area contributed by atoms with Crippen LogP contribution in [0.25, 0.3) is 10.9 Å². The summed E-state index contributed by atoms with van der Waals surface area (Å²) in [6.07, 6.45) is 5.11. The predicted molar refractivity (Wildman–Crippen MR) is 140 cm³/mol. The van der Waals surface area contributed by atoms with Gasteiger partial charge in [-0.3, -0.25) is 0 Å². The Balaban J connectivity index is 1.19. The normalized spacial score (nSPS) is 16.5. The van der Waals surface area contributed by atoms with Crippen LogP contribution in [-0.2, 0) is 16.1 Å². The minimum atomic E-state index is -0.165. The van der Waals surface area contributed by atoms with E-state index in [1.165, 1.54) is 0 Å². The number of aromatic nitrogens is 3. The Morgan fingerprint density at radius 2 is 1.89 bits per heavy atom. The monoisotopic (exact) mass is 502 g/mol. The van der Waals surface area contributed by atoms with E-state index in [2.05, 4.69) is 25.6 Å². The Bertz CT molecular complexity index is 1400. The maximum absolute atomic E-state index is 5.93. The molecule has 2 N–H and O–H groups in total. The maximum Gasteiger partial charge on any atom is 0.289 e. The summed E-state index contributed by atoms with van der Waals surface area (Å²) in [5.74, 6) is 1.55. The van der Waals surface area contributed by atoms with Crippen molar-refractivity contribution in [2.75, 3.05) is 30.5 Å². The molecule has 2 aromatic carbocycles. The number of thiazole rings is 1. The van der Waals surface area contributed by atoms with Gasteiger partial charge in [0.2, 0.25) is 0 Å². The van der Waals surface area contributed by atoms with Crippen LogP contribution in [0.3, 0.4) is 0 Å². The third-order valence-electron chi connectivity index (χ3n) is 6.40. The zero-order valence-electron chi connectivity index (χ0n) is 19.9. The number of hydrogen-bond donors (Lipinski definition) is 2. The summed E-state index contributed by atoms with van der Waals surface area (Å²) in [4.78, 5) is 18.0. The molecule has 0 amide bonds. The molecule has 0 unspecified atom stereocenters. The summed E-state index contributed by atoms with van der Waals surface area (Å²) >= 11 is 1.58. The number of nitrogens with zero attached hydrogens (tertiary/aromatic N) is 4. The summed E-state index contributed by atoms with van der Waals surface area (Å²) in [5.41, 5.74) is 3.48. The van der Waals surface area contributed by atoms with Crippen molar-refractivity contribution in [3.8, 4) is 5.75 Å². The Morgan fingerprint density at radius 3 is 2.72 bits per heavy atom. The number of aryl methyl sites for hydroxylation is 1. The fourth-order valence-electron chi connectivity index (χ4n) is 4.40. The van der Waals surface area contributed by atoms with Gasteiger partial charge in [0.15, 0.2) is 0 Å². The molecule has 9 nitrogen and oxygen atoms in total. The van der Waals surface area contributed by atoms with Crippen LogP contribution in [0.4, 0.5) is 17.2 Å². The fraction of sp³-hybridized carbons (Fsp3) is 0.308. The van der Waals surface area contributed by atoms with E-state index in [1.807, 2.05) is 48.7 Å². The lowest BCUT2D eigenvalue weighted by atomic mass is 9.92. The Morgan fingerprint density at radius 1 is 1.03 bits per heavy atom. The Labute approximate surface area is 212 Å². The maximum atomic E-state index is 5.93. The number of fused-ring (bicyclic) bond motifs is 1. The molecule has 2 aliphatic rings. The first kappa shape index (κ1) is 22.7. The average molecular weight is 503 g/mol. The van der Waals surface area contributed by atoms with E-state index < -0.39 is 0 Å². The van der Waals surface area contributed by atoms with Gasteiger partial charge in [-0.25, -0.2) is 19.9 Å². The summed E-state index contributed by atoms with van der Waals surface area (Å²) in [5, 5.41) is 10.5. The molecular weight excluding hydrogens is 476 g/mol. The van der Waals surface area contributed by atoms with E-state index in [0.717, 1.165) is 70.5 Å². The molecule has 36 heavy (non-hydrogen) atoms. The average Bonchev–Trinajstić information content (AvgIpc) is 3.55. The second-order valence-corrected chi connectivity index (χ2v) is 9.92. The number of aliphatic imine (C=N–C) groups is 1. The third-order valence-corrected chi connectivity index (χ3v) is 7.15. The van der Waals surface area contributed by atoms with Gasteiger partial charge in [0.05, 0.1) is 5.52 Å². The van der Waals surface area contributed by atoms with Crippen LogP contribution in [0.15, 0.2) is 59.3 Å². The van der Waals surface area contributed by atoms with Crippen LogP contribution in [0, 0.1) is 6.92 Å². The second-order valence-electron chi connectivity index (χ2n) is 8.94. The van der Waals surface area contributed by atoms with Crippen LogP contribution >= 0.6 is 11.3 Å². The molecule has 1 saturated heterocycles. The lowest BCUT2D eigenvalue weighted by Crippen LogP contribution is -2.35. The molecular formula is C26H26N6O3S. The highest BCUT2D eigenvalue weighted by molar-refractivity contribution is 7.09. The van der Waals surface area contributed by atoms with Crippen LogP contribution < -0.4 is 15.4 Å². The lowest BCUT2D eigenvalue weighted by Gasteiger charge is -2.27. The first-order valence-corrected chi connectivity index (χ1v) is 12.7. The molecule has 6 rings (SSSR count). The number of rotatable bonds is 6. The number of ether oxygens (including phenoxy) is 3. The van der Waals surface area contributed by atoms with E-state index in [4.69, 9.17) is 19.2 Å². The van der Waals surface area contributed by atoms with Gasteiger partial charge in [-0.2, -0.15) is 0 Å². The molecule has 0 bridgehead atoms. The zero-order chi connectivity index (χ0) is 24.4. The molecule has 2 aliphatic heterocycles. The Kier molecular flexibility index (Phi) is 6.12. The predicted octanol–water partition coefficient (Wildman–Crippen LogP) is 5.06. The summed E-state index contributed by atoms with van der Waals surface area (Å²) in [6.45, 7) is 4.52. The van der Waals surface area contributed by atoms with E-state index >= 15 is 0 Å². The lowest BCUT2D eigenvalue weighted by molar-refractivity contribution is 0.0442. The highest BCUT2D eigenvalue weighted by Crippen LogP contribution is 2.32. The molecule has 4 heterocycles. The molecule has 0 aliphatic carbocycles. The molecule has 0 radical (unpaired) electrons. The highest BCUT2D eigenvalue weighted by Gasteiger charge is 2.38. The number of anilines is 3. The van der Waals surface area contributed by atoms with Crippen LogP contribution in [0.1, 0.15) is 23.4 Å². The van der Waals surface area contributed by atoms with E-state index in [-0.39, 0.29) is 5.54 Å². The molecule has 0 atom stereocenters. The summed E-state index contributed by atoms with van der Waals surface area (Å²) in [7, 11) is 0.